The summed E-state index contributed by atoms with van der Waals surface area (Å²) in [5.41, 5.74) is 14.5. The molecule has 0 aliphatic carbocycles. The van der Waals surface area contributed by atoms with Gasteiger partial charge in [0.05, 0.1) is 30.8 Å². The second kappa shape index (κ2) is 9.23. The van der Waals surface area contributed by atoms with E-state index in [9.17, 15) is 0 Å². The first-order chi connectivity index (χ1) is 22.0. The number of fused-ring (bicyclic) bond motifs is 8. The zero-order chi connectivity index (χ0) is 30.0. The fraction of sp³-hybridized carbons (Fsp3) is 0.0769. The molecule has 0 fully saturated rings. The minimum Gasteiger partial charge on any atom is -0.309 e. The lowest BCUT2D eigenvalue weighted by Crippen LogP contribution is -2.62. The monoisotopic (exact) mass is 628 g/mol. The van der Waals surface area contributed by atoms with E-state index < -0.39 is 8.07 Å². The maximum Gasteiger partial charge on any atom is 0.252 e. The lowest BCUT2D eigenvalue weighted by Gasteiger charge is -2.47. The average molecular weight is 629 g/mol. The average Bonchev–Trinajstić information content (AvgIpc) is 3.06. The minimum atomic E-state index is -1.41. The predicted molar refractivity (Wildman–Crippen MR) is 197 cm³/mol. The molecule has 0 aromatic heterocycles. The third-order valence-corrected chi connectivity index (χ3v) is 14.1. The normalized spacial score (nSPS) is 14.7. The van der Waals surface area contributed by atoms with Crippen molar-refractivity contribution in [3.05, 3.63) is 121 Å². The van der Waals surface area contributed by atoms with Crippen molar-refractivity contribution in [1.82, 2.24) is 0 Å². The van der Waals surface area contributed by atoms with Crippen LogP contribution in [-0.4, -0.2) is 14.8 Å². The van der Waals surface area contributed by atoms with Crippen LogP contribution in [0.3, 0.4) is 0 Å². The van der Waals surface area contributed by atoms with Crippen LogP contribution in [0.2, 0.25) is 19.6 Å². The van der Waals surface area contributed by atoms with Crippen molar-refractivity contribution < 1.29 is 0 Å². The molecule has 0 atom stereocenters. The Kier molecular flexibility index (Phi) is 5.36. The second-order valence-corrected chi connectivity index (χ2v) is 20.6. The van der Waals surface area contributed by atoms with Gasteiger partial charge in [-0.2, -0.15) is 0 Å². The molecule has 2 nitrogen and oxygen atoms in total. The summed E-state index contributed by atoms with van der Waals surface area (Å²) in [7, 11) is -1.41. The van der Waals surface area contributed by atoms with Gasteiger partial charge in [0, 0.05) is 31.0 Å². The van der Waals surface area contributed by atoms with Gasteiger partial charge in [-0.1, -0.05) is 121 Å². The topological polar surface area (TPSA) is 6.48 Å². The van der Waals surface area contributed by atoms with Crippen LogP contribution in [0.25, 0.3) is 11.1 Å². The van der Waals surface area contributed by atoms with E-state index in [1.807, 2.05) is 23.5 Å². The molecule has 45 heavy (non-hydrogen) atoms. The van der Waals surface area contributed by atoms with Crippen LogP contribution in [-0.2, 0) is 0 Å². The van der Waals surface area contributed by atoms with Crippen molar-refractivity contribution in [3.63, 3.8) is 0 Å². The van der Waals surface area contributed by atoms with Crippen LogP contribution >= 0.6 is 23.5 Å². The van der Waals surface area contributed by atoms with Gasteiger partial charge in [0.1, 0.15) is 0 Å². The summed E-state index contributed by atoms with van der Waals surface area (Å²) >= 11 is 3.81. The molecule has 0 N–H and O–H groups in total. The lowest BCUT2D eigenvalue weighted by molar-refractivity contribution is 1.15. The molecule has 6 aromatic rings. The van der Waals surface area contributed by atoms with Crippen molar-refractivity contribution in [2.75, 3.05) is 9.80 Å². The Balaban J connectivity index is 1.32. The van der Waals surface area contributed by atoms with Crippen LogP contribution in [0.15, 0.2) is 141 Å². The molecule has 4 aliphatic rings. The minimum absolute atomic E-state index is 0.160. The van der Waals surface area contributed by atoms with E-state index in [0.29, 0.717) is 0 Å². The van der Waals surface area contributed by atoms with E-state index in [1.54, 1.807) is 0 Å². The molecular weight excluding hydrogens is 599 g/mol. The molecule has 0 amide bonds. The van der Waals surface area contributed by atoms with Gasteiger partial charge in [0.15, 0.2) is 0 Å². The molecule has 4 heterocycles. The number of hydrogen-bond acceptors (Lipinski definition) is 4. The summed E-state index contributed by atoms with van der Waals surface area (Å²) in [5.74, 6) is 0. The number of nitrogens with zero attached hydrogens (tertiary/aromatic N) is 2. The molecule has 214 valence electrons. The van der Waals surface area contributed by atoms with E-state index in [2.05, 4.69) is 151 Å². The highest BCUT2D eigenvalue weighted by Crippen LogP contribution is 2.56. The fourth-order valence-electron chi connectivity index (χ4n) is 7.72. The number of para-hydroxylation sites is 4. The molecular formula is C39H29BN2S2Si. The molecule has 10 rings (SSSR count). The smallest absolute Gasteiger partial charge is 0.252 e. The Labute approximate surface area is 274 Å². The Bertz CT molecular complexity index is 2110. The van der Waals surface area contributed by atoms with Crippen LogP contribution in [0.5, 0.6) is 0 Å². The number of hydrogen-bond donors (Lipinski definition) is 0. The SMILES string of the molecule is C[Si](C)(C)c1ccc(-c2cc3c4c(c2)N2c5ccccc5Sc5cccc(c52)B4c2cccc4c2N3c2ccccc2S4)cc1. The van der Waals surface area contributed by atoms with Gasteiger partial charge in [-0.25, -0.2) is 0 Å². The Morgan fingerprint density at radius 2 is 0.978 bits per heavy atom. The first-order valence-corrected chi connectivity index (χ1v) is 20.8. The maximum atomic E-state index is 2.57. The van der Waals surface area contributed by atoms with E-state index in [-0.39, 0.29) is 6.71 Å². The van der Waals surface area contributed by atoms with Gasteiger partial charge in [0.2, 0.25) is 0 Å². The van der Waals surface area contributed by atoms with Gasteiger partial charge < -0.3 is 9.80 Å². The van der Waals surface area contributed by atoms with Gasteiger partial charge in [-0.3, -0.25) is 0 Å². The largest absolute Gasteiger partial charge is 0.309 e. The number of anilines is 6. The van der Waals surface area contributed by atoms with Gasteiger partial charge >= 0.3 is 0 Å². The maximum absolute atomic E-state index is 2.57. The van der Waals surface area contributed by atoms with Crippen LogP contribution in [0.4, 0.5) is 34.1 Å². The van der Waals surface area contributed by atoms with Gasteiger partial charge in [0.25, 0.3) is 6.71 Å². The van der Waals surface area contributed by atoms with Crippen LogP contribution < -0.4 is 31.4 Å². The van der Waals surface area contributed by atoms with Crippen molar-refractivity contribution >= 4 is 94.0 Å². The molecule has 0 saturated heterocycles. The molecule has 0 radical (unpaired) electrons. The highest BCUT2D eigenvalue weighted by atomic mass is 32.2. The lowest BCUT2D eigenvalue weighted by atomic mass is 9.33. The zero-order valence-electron chi connectivity index (χ0n) is 25.3. The van der Waals surface area contributed by atoms with Crippen molar-refractivity contribution in [2.45, 2.75) is 39.2 Å². The van der Waals surface area contributed by atoms with Crippen LogP contribution in [0, 0.1) is 0 Å². The fourth-order valence-corrected chi connectivity index (χ4v) is 11.1. The highest BCUT2D eigenvalue weighted by molar-refractivity contribution is 8.00. The zero-order valence-corrected chi connectivity index (χ0v) is 28.0. The van der Waals surface area contributed by atoms with Crippen LogP contribution in [0.1, 0.15) is 0 Å². The van der Waals surface area contributed by atoms with Crippen molar-refractivity contribution in [1.29, 1.82) is 0 Å². The Morgan fingerprint density at radius 1 is 0.489 bits per heavy atom. The molecule has 6 heteroatoms. The standard InChI is InChI=1S/C39H29BN2S2Si/c1-45(2,3)26-20-18-24(19-21-26)25-22-31-37-32(23-25)42-30-13-5-7-15-34(30)44-36-17-9-11-28(39(36)42)40(37)27-10-8-16-35-38(27)41(31)29-12-4-6-14-33(29)43-35/h4-23H,1-3H3. The summed E-state index contributed by atoms with van der Waals surface area (Å²) in [5, 5.41) is 1.49. The first-order valence-electron chi connectivity index (χ1n) is 15.6. The first kappa shape index (κ1) is 26.2. The van der Waals surface area contributed by atoms with Crippen molar-refractivity contribution in [2.24, 2.45) is 0 Å². The van der Waals surface area contributed by atoms with E-state index in [1.165, 1.54) is 86.4 Å². The van der Waals surface area contributed by atoms with Gasteiger partial charge in [-0.15, -0.1) is 0 Å². The summed E-state index contributed by atoms with van der Waals surface area (Å²) in [6.07, 6.45) is 0. The van der Waals surface area contributed by atoms with Crippen molar-refractivity contribution in [3.8, 4) is 11.1 Å². The predicted octanol–water partition coefficient (Wildman–Crippen LogP) is 8.91. The van der Waals surface area contributed by atoms with E-state index in [4.69, 9.17) is 0 Å². The quantitative estimate of drug-likeness (QED) is 0.176. The molecule has 6 aromatic carbocycles. The molecule has 0 saturated carbocycles. The molecule has 0 bridgehead atoms. The molecule has 4 aliphatic heterocycles. The number of benzene rings is 6. The van der Waals surface area contributed by atoms with E-state index >= 15 is 0 Å². The third kappa shape index (κ3) is 3.62. The second-order valence-electron chi connectivity index (χ2n) is 13.4. The molecule has 0 spiro atoms. The summed E-state index contributed by atoms with van der Waals surface area (Å²) in [6, 6.07) is 46.1. The molecule has 0 unspecified atom stereocenters. The van der Waals surface area contributed by atoms with E-state index in [0.717, 1.165) is 0 Å². The Morgan fingerprint density at radius 3 is 1.49 bits per heavy atom. The van der Waals surface area contributed by atoms with Gasteiger partial charge in [-0.05, 0) is 76.0 Å². The number of rotatable bonds is 2. The third-order valence-electron chi connectivity index (χ3n) is 9.77. The highest BCUT2D eigenvalue weighted by Gasteiger charge is 2.47. The summed E-state index contributed by atoms with van der Waals surface area (Å²) in [4.78, 5) is 10.4. The Hall–Kier alpha value is -4.10. The summed E-state index contributed by atoms with van der Waals surface area (Å²) < 4.78 is 0. The summed E-state index contributed by atoms with van der Waals surface area (Å²) in [6.45, 7) is 7.43.